The maximum Gasteiger partial charge on any atom is 0.246 e. The topological polar surface area (TPSA) is 65.8 Å². The van der Waals surface area contributed by atoms with E-state index in [2.05, 4.69) is 15.4 Å². The van der Waals surface area contributed by atoms with Crippen molar-refractivity contribution in [2.24, 2.45) is 12.0 Å². The van der Waals surface area contributed by atoms with E-state index < -0.39 is 0 Å². The Hall–Kier alpha value is -2.90. The summed E-state index contributed by atoms with van der Waals surface area (Å²) in [5, 5.41) is 7.57. The molecule has 1 aliphatic heterocycles. The first-order valence-corrected chi connectivity index (χ1v) is 9.51. The van der Waals surface area contributed by atoms with Crippen LogP contribution < -0.4 is 10.2 Å². The van der Waals surface area contributed by atoms with Gasteiger partial charge >= 0.3 is 0 Å². The van der Waals surface area contributed by atoms with E-state index in [1.54, 1.807) is 22.8 Å². The number of halogens is 1. The summed E-state index contributed by atoms with van der Waals surface area (Å²) in [5.41, 5.74) is 2.00. The SMILES string of the molecule is CN=C(NCC1(c2ccc(F)cc2)CC1)N1CCN(c2cnn(C)c2)C(=O)C1. The molecule has 2 fully saturated rings. The standard InChI is InChI=1S/C20H25FN6O/c1-22-19(23-14-20(7-8-20)15-3-5-16(21)6-4-15)26-9-10-27(18(28)13-26)17-11-24-25(2)12-17/h3-6,11-12H,7-10,13-14H2,1-2H3,(H,22,23). The van der Waals surface area contributed by atoms with Crippen molar-refractivity contribution in [1.29, 1.82) is 0 Å². The summed E-state index contributed by atoms with van der Waals surface area (Å²) < 4.78 is 14.9. The molecule has 0 spiro atoms. The summed E-state index contributed by atoms with van der Waals surface area (Å²) in [5.74, 6) is 0.544. The first kappa shape index (κ1) is 18.5. The van der Waals surface area contributed by atoms with E-state index in [9.17, 15) is 9.18 Å². The summed E-state index contributed by atoms with van der Waals surface area (Å²) in [4.78, 5) is 20.7. The molecule has 1 aliphatic carbocycles. The van der Waals surface area contributed by atoms with E-state index in [1.165, 1.54) is 12.1 Å². The molecule has 1 aromatic heterocycles. The molecule has 7 nitrogen and oxygen atoms in total. The molecule has 28 heavy (non-hydrogen) atoms. The average Bonchev–Trinajstić information content (AvgIpc) is 3.36. The molecule has 1 saturated carbocycles. The number of amides is 1. The van der Waals surface area contributed by atoms with Crippen LogP contribution in [0.1, 0.15) is 18.4 Å². The number of guanidine groups is 1. The first-order valence-electron chi connectivity index (χ1n) is 9.51. The highest BCUT2D eigenvalue weighted by Gasteiger charge is 2.44. The fraction of sp³-hybridized carbons (Fsp3) is 0.450. The highest BCUT2D eigenvalue weighted by molar-refractivity contribution is 5.98. The third-order valence-corrected chi connectivity index (χ3v) is 5.63. The van der Waals surface area contributed by atoms with Gasteiger partial charge in [-0.25, -0.2) is 4.39 Å². The van der Waals surface area contributed by atoms with Crippen LogP contribution in [0.25, 0.3) is 0 Å². The smallest absolute Gasteiger partial charge is 0.246 e. The van der Waals surface area contributed by atoms with Crippen LogP contribution in [0.3, 0.4) is 0 Å². The van der Waals surface area contributed by atoms with Gasteiger partial charge in [-0.3, -0.25) is 14.5 Å². The van der Waals surface area contributed by atoms with E-state index in [-0.39, 0.29) is 23.7 Å². The predicted molar refractivity (Wildman–Crippen MR) is 106 cm³/mol. The number of hydrogen-bond acceptors (Lipinski definition) is 3. The van der Waals surface area contributed by atoms with Crippen molar-refractivity contribution in [2.45, 2.75) is 18.3 Å². The lowest BCUT2D eigenvalue weighted by molar-refractivity contribution is -0.120. The van der Waals surface area contributed by atoms with Gasteiger partial charge in [0.05, 0.1) is 11.9 Å². The van der Waals surface area contributed by atoms with E-state index in [4.69, 9.17) is 0 Å². The Bertz CT molecular complexity index is 886. The van der Waals surface area contributed by atoms with Gasteiger partial charge in [0.1, 0.15) is 12.4 Å². The second-order valence-corrected chi connectivity index (χ2v) is 7.53. The Morgan fingerprint density at radius 3 is 2.61 bits per heavy atom. The van der Waals surface area contributed by atoms with Gasteiger partial charge in [0.25, 0.3) is 0 Å². The van der Waals surface area contributed by atoms with Crippen LogP contribution in [-0.4, -0.2) is 59.8 Å². The van der Waals surface area contributed by atoms with Gasteiger partial charge in [0, 0.05) is 45.3 Å². The Labute approximate surface area is 163 Å². The Balaban J connectivity index is 1.37. The van der Waals surface area contributed by atoms with E-state index in [0.29, 0.717) is 13.1 Å². The minimum absolute atomic E-state index is 0.0295. The molecule has 0 unspecified atom stereocenters. The molecule has 1 aromatic carbocycles. The lowest BCUT2D eigenvalue weighted by atomic mass is 9.96. The second kappa shape index (κ2) is 7.26. The van der Waals surface area contributed by atoms with Crippen molar-refractivity contribution in [1.82, 2.24) is 20.0 Å². The Morgan fingerprint density at radius 1 is 1.29 bits per heavy atom. The maximum atomic E-state index is 13.2. The maximum absolute atomic E-state index is 13.2. The number of aromatic nitrogens is 2. The number of aliphatic imine (C=N–C) groups is 1. The number of benzene rings is 1. The largest absolute Gasteiger partial charge is 0.355 e. The molecule has 1 saturated heterocycles. The number of anilines is 1. The summed E-state index contributed by atoms with van der Waals surface area (Å²) in [7, 11) is 3.57. The number of aryl methyl sites for hydroxylation is 1. The zero-order valence-electron chi connectivity index (χ0n) is 16.2. The number of carbonyl (C=O) groups is 1. The van der Waals surface area contributed by atoms with E-state index in [0.717, 1.165) is 36.6 Å². The third kappa shape index (κ3) is 3.58. The van der Waals surface area contributed by atoms with Crippen LogP contribution in [0.5, 0.6) is 0 Å². The zero-order chi connectivity index (χ0) is 19.7. The number of hydrogen-bond donors (Lipinski definition) is 1. The fourth-order valence-electron chi connectivity index (χ4n) is 3.78. The minimum atomic E-state index is -0.215. The van der Waals surface area contributed by atoms with Gasteiger partial charge in [-0.15, -0.1) is 0 Å². The van der Waals surface area contributed by atoms with Crippen molar-refractivity contribution >= 4 is 17.6 Å². The van der Waals surface area contributed by atoms with Gasteiger partial charge in [-0.2, -0.15) is 5.10 Å². The van der Waals surface area contributed by atoms with Gasteiger partial charge in [-0.1, -0.05) is 12.1 Å². The number of carbonyl (C=O) groups excluding carboxylic acids is 1. The minimum Gasteiger partial charge on any atom is -0.355 e. The molecular weight excluding hydrogens is 359 g/mol. The second-order valence-electron chi connectivity index (χ2n) is 7.53. The number of rotatable bonds is 4. The summed E-state index contributed by atoms with van der Waals surface area (Å²) >= 11 is 0. The van der Waals surface area contributed by atoms with Crippen molar-refractivity contribution in [3.63, 3.8) is 0 Å². The first-order chi connectivity index (χ1) is 13.5. The molecule has 0 bridgehead atoms. The van der Waals surface area contributed by atoms with Crippen LogP contribution in [-0.2, 0) is 17.3 Å². The molecule has 2 aliphatic rings. The van der Waals surface area contributed by atoms with Crippen molar-refractivity contribution in [2.75, 3.05) is 38.1 Å². The monoisotopic (exact) mass is 384 g/mol. The van der Waals surface area contributed by atoms with Gasteiger partial charge < -0.3 is 15.1 Å². The third-order valence-electron chi connectivity index (χ3n) is 5.63. The molecule has 4 rings (SSSR count). The molecule has 8 heteroatoms. The lowest BCUT2D eigenvalue weighted by Crippen LogP contribution is -2.56. The summed E-state index contributed by atoms with van der Waals surface area (Å²) in [6, 6.07) is 6.76. The lowest BCUT2D eigenvalue weighted by Gasteiger charge is -2.35. The molecule has 1 N–H and O–H groups in total. The fourth-order valence-corrected chi connectivity index (χ4v) is 3.78. The van der Waals surface area contributed by atoms with Crippen molar-refractivity contribution in [3.8, 4) is 0 Å². The quantitative estimate of drug-likeness (QED) is 0.641. The van der Waals surface area contributed by atoms with Crippen LogP contribution in [0.4, 0.5) is 10.1 Å². The summed E-state index contributed by atoms with van der Waals surface area (Å²) in [6.07, 6.45) is 5.69. The van der Waals surface area contributed by atoms with Gasteiger partial charge in [0.15, 0.2) is 5.96 Å². The van der Waals surface area contributed by atoms with Gasteiger partial charge in [0.2, 0.25) is 5.91 Å². The molecular formula is C20H25FN6O. The highest BCUT2D eigenvalue weighted by Crippen LogP contribution is 2.47. The molecule has 0 atom stereocenters. The van der Waals surface area contributed by atoms with E-state index in [1.807, 2.05) is 30.3 Å². The van der Waals surface area contributed by atoms with E-state index >= 15 is 0 Å². The Kier molecular flexibility index (Phi) is 4.78. The Morgan fingerprint density at radius 2 is 2.04 bits per heavy atom. The number of piperazine rings is 1. The van der Waals surface area contributed by atoms with Crippen LogP contribution in [0.15, 0.2) is 41.7 Å². The number of nitrogens with zero attached hydrogens (tertiary/aromatic N) is 5. The predicted octanol–water partition coefficient (Wildman–Crippen LogP) is 1.51. The van der Waals surface area contributed by atoms with Gasteiger partial charge in [-0.05, 0) is 30.5 Å². The van der Waals surface area contributed by atoms with Crippen molar-refractivity contribution in [3.05, 3.63) is 48.0 Å². The normalized spacial score (nSPS) is 19.1. The van der Waals surface area contributed by atoms with Crippen LogP contribution >= 0.6 is 0 Å². The zero-order valence-corrected chi connectivity index (χ0v) is 16.2. The molecule has 1 amide bonds. The molecule has 148 valence electrons. The molecule has 0 radical (unpaired) electrons. The molecule has 2 heterocycles. The molecule has 2 aromatic rings. The van der Waals surface area contributed by atoms with Crippen LogP contribution in [0.2, 0.25) is 0 Å². The summed E-state index contributed by atoms with van der Waals surface area (Å²) in [6.45, 7) is 2.29. The highest BCUT2D eigenvalue weighted by atomic mass is 19.1. The van der Waals surface area contributed by atoms with Crippen molar-refractivity contribution < 1.29 is 9.18 Å². The number of nitrogens with one attached hydrogen (secondary N) is 1. The van der Waals surface area contributed by atoms with Crippen LogP contribution in [0, 0.1) is 5.82 Å². The average molecular weight is 384 g/mol.